The van der Waals surface area contributed by atoms with Crippen LogP contribution in [0.5, 0.6) is 0 Å². The highest BCUT2D eigenvalue weighted by atomic mass is 79.9. The minimum atomic E-state index is -0.0975. The summed E-state index contributed by atoms with van der Waals surface area (Å²) in [5, 5.41) is 5.01. The lowest BCUT2D eigenvalue weighted by Crippen LogP contribution is -2.51. The van der Waals surface area contributed by atoms with Crippen LogP contribution < -0.4 is 5.32 Å². The summed E-state index contributed by atoms with van der Waals surface area (Å²) < 4.78 is 0. The topological polar surface area (TPSA) is 42.0 Å². The normalized spacial score (nSPS) is 17.6. The molecule has 3 rings (SSSR count). The highest BCUT2D eigenvalue weighted by Crippen LogP contribution is 2.30. The number of nitrogens with one attached hydrogen (secondary N) is 1. The number of para-hydroxylation sites is 1. The van der Waals surface area contributed by atoms with Crippen molar-refractivity contribution in [1.29, 1.82) is 0 Å². The predicted octanol–water partition coefficient (Wildman–Crippen LogP) is 4.06. The van der Waals surface area contributed by atoms with Gasteiger partial charge in [0.25, 0.3) is 5.91 Å². The number of alkyl halides is 1. The molecule has 1 N–H and O–H groups in total. The second kappa shape index (κ2) is 6.14. The minimum absolute atomic E-state index is 0.00921. The molecule has 1 aliphatic rings. The number of halogens is 1. The molecule has 0 atom stereocenters. The maximum Gasteiger partial charge on any atom is 0.252 e. The molecule has 0 aliphatic heterocycles. The standard InChI is InChI=1S/C17H19BrN2O/c18-12-17(9-4-1-5-10-17)20-16(21)14-8-11-19-15-7-3-2-6-13(14)15/h2-3,6-8,11H,1,4-5,9-10,12H2,(H,20,21). The number of nitrogens with zero attached hydrogens (tertiary/aromatic N) is 1. The molecule has 4 heteroatoms. The molecule has 1 aromatic carbocycles. The predicted molar refractivity (Wildman–Crippen MR) is 88.8 cm³/mol. The van der Waals surface area contributed by atoms with Crippen molar-refractivity contribution >= 4 is 32.7 Å². The largest absolute Gasteiger partial charge is 0.346 e. The summed E-state index contributed by atoms with van der Waals surface area (Å²) >= 11 is 3.59. The van der Waals surface area contributed by atoms with Gasteiger partial charge in [0.15, 0.2) is 0 Å². The number of hydrogen-bond acceptors (Lipinski definition) is 2. The number of aromatic nitrogens is 1. The van der Waals surface area contributed by atoms with E-state index < -0.39 is 0 Å². The first-order valence-corrected chi connectivity index (χ1v) is 8.58. The molecule has 1 heterocycles. The molecule has 1 amide bonds. The first kappa shape index (κ1) is 14.5. The number of fused-ring (bicyclic) bond motifs is 1. The summed E-state index contributed by atoms with van der Waals surface area (Å²) in [5.41, 5.74) is 1.48. The molecular formula is C17H19BrN2O. The highest BCUT2D eigenvalue weighted by molar-refractivity contribution is 9.09. The van der Waals surface area contributed by atoms with E-state index in [4.69, 9.17) is 0 Å². The van der Waals surface area contributed by atoms with Crippen molar-refractivity contribution < 1.29 is 4.79 Å². The Balaban J connectivity index is 1.90. The Morgan fingerprint density at radius 3 is 2.71 bits per heavy atom. The highest BCUT2D eigenvalue weighted by Gasteiger charge is 2.33. The van der Waals surface area contributed by atoms with Gasteiger partial charge in [-0.3, -0.25) is 9.78 Å². The molecule has 0 unspecified atom stereocenters. The maximum absolute atomic E-state index is 12.7. The quantitative estimate of drug-likeness (QED) is 0.851. The van der Waals surface area contributed by atoms with Crippen molar-refractivity contribution in [3.8, 4) is 0 Å². The lowest BCUT2D eigenvalue weighted by atomic mass is 9.83. The Kier molecular flexibility index (Phi) is 4.24. The molecule has 0 spiro atoms. The van der Waals surface area contributed by atoms with Crippen molar-refractivity contribution in [1.82, 2.24) is 10.3 Å². The molecular weight excluding hydrogens is 328 g/mol. The number of benzene rings is 1. The van der Waals surface area contributed by atoms with Gasteiger partial charge in [-0.2, -0.15) is 0 Å². The van der Waals surface area contributed by atoms with E-state index in [9.17, 15) is 4.79 Å². The van der Waals surface area contributed by atoms with Crippen LogP contribution in [-0.2, 0) is 0 Å². The number of carbonyl (C=O) groups is 1. The molecule has 21 heavy (non-hydrogen) atoms. The Hall–Kier alpha value is -1.42. The molecule has 2 aromatic rings. The number of amides is 1. The van der Waals surface area contributed by atoms with Crippen LogP contribution in [-0.4, -0.2) is 21.8 Å². The lowest BCUT2D eigenvalue weighted by Gasteiger charge is -2.36. The smallest absolute Gasteiger partial charge is 0.252 e. The van der Waals surface area contributed by atoms with Gasteiger partial charge < -0.3 is 5.32 Å². The van der Waals surface area contributed by atoms with Crippen LogP contribution >= 0.6 is 15.9 Å². The third kappa shape index (κ3) is 2.95. The van der Waals surface area contributed by atoms with E-state index in [1.54, 1.807) is 6.20 Å². The summed E-state index contributed by atoms with van der Waals surface area (Å²) in [7, 11) is 0. The van der Waals surface area contributed by atoms with Crippen LogP contribution in [0.3, 0.4) is 0 Å². The third-order valence-electron chi connectivity index (χ3n) is 4.34. The minimum Gasteiger partial charge on any atom is -0.346 e. The first-order chi connectivity index (χ1) is 10.2. The van der Waals surface area contributed by atoms with Crippen molar-refractivity contribution in [2.45, 2.75) is 37.6 Å². The van der Waals surface area contributed by atoms with Gasteiger partial charge in [0.1, 0.15) is 0 Å². The summed E-state index contributed by atoms with van der Waals surface area (Å²) in [6.45, 7) is 0. The SMILES string of the molecule is O=C(NC1(CBr)CCCCC1)c1ccnc2ccccc12. The Morgan fingerprint density at radius 1 is 1.19 bits per heavy atom. The fraction of sp³-hybridized carbons (Fsp3) is 0.412. The van der Waals surface area contributed by atoms with E-state index >= 15 is 0 Å². The number of rotatable bonds is 3. The average molecular weight is 347 g/mol. The van der Waals surface area contributed by atoms with Crippen LogP contribution in [0.4, 0.5) is 0 Å². The van der Waals surface area contributed by atoms with Gasteiger partial charge in [-0.05, 0) is 25.0 Å². The summed E-state index contributed by atoms with van der Waals surface area (Å²) in [6.07, 6.45) is 7.44. The molecule has 1 aliphatic carbocycles. The van der Waals surface area contributed by atoms with Crippen molar-refractivity contribution in [2.75, 3.05) is 5.33 Å². The van der Waals surface area contributed by atoms with Gasteiger partial charge in [-0.15, -0.1) is 0 Å². The van der Waals surface area contributed by atoms with E-state index in [1.165, 1.54) is 19.3 Å². The van der Waals surface area contributed by atoms with Crippen molar-refractivity contribution in [3.63, 3.8) is 0 Å². The first-order valence-electron chi connectivity index (χ1n) is 7.46. The maximum atomic E-state index is 12.7. The van der Waals surface area contributed by atoms with Crippen LogP contribution in [0, 0.1) is 0 Å². The van der Waals surface area contributed by atoms with Gasteiger partial charge in [-0.25, -0.2) is 0 Å². The lowest BCUT2D eigenvalue weighted by molar-refractivity contribution is 0.0888. The van der Waals surface area contributed by atoms with E-state index in [-0.39, 0.29) is 11.4 Å². The van der Waals surface area contributed by atoms with Gasteiger partial charge >= 0.3 is 0 Å². The molecule has 110 valence electrons. The average Bonchev–Trinajstić information content (AvgIpc) is 2.55. The van der Waals surface area contributed by atoms with E-state index in [0.717, 1.165) is 29.1 Å². The second-order valence-electron chi connectivity index (χ2n) is 5.80. The Labute approximate surface area is 133 Å². The molecule has 1 fully saturated rings. The van der Waals surface area contributed by atoms with E-state index in [2.05, 4.69) is 26.2 Å². The monoisotopic (exact) mass is 346 g/mol. The zero-order chi connectivity index (χ0) is 14.7. The molecule has 1 aromatic heterocycles. The van der Waals surface area contributed by atoms with Crippen LogP contribution in [0.15, 0.2) is 36.5 Å². The van der Waals surface area contributed by atoms with Crippen LogP contribution in [0.2, 0.25) is 0 Å². The van der Waals surface area contributed by atoms with Crippen molar-refractivity contribution in [3.05, 3.63) is 42.1 Å². The summed E-state index contributed by atoms with van der Waals surface area (Å²) in [6, 6.07) is 9.59. The van der Waals surface area contributed by atoms with Gasteiger partial charge in [0, 0.05) is 16.9 Å². The molecule has 0 radical (unpaired) electrons. The zero-order valence-electron chi connectivity index (χ0n) is 11.9. The third-order valence-corrected chi connectivity index (χ3v) is 5.41. The van der Waals surface area contributed by atoms with Gasteiger partial charge in [0.05, 0.1) is 16.6 Å². The van der Waals surface area contributed by atoms with Crippen molar-refractivity contribution in [2.24, 2.45) is 0 Å². The van der Waals surface area contributed by atoms with Crippen LogP contribution in [0.1, 0.15) is 42.5 Å². The molecule has 0 saturated heterocycles. The summed E-state index contributed by atoms with van der Waals surface area (Å²) in [5.74, 6) is 0.00921. The number of hydrogen-bond donors (Lipinski definition) is 1. The second-order valence-corrected chi connectivity index (χ2v) is 6.37. The number of carbonyl (C=O) groups excluding carboxylic acids is 1. The molecule has 1 saturated carbocycles. The fourth-order valence-electron chi connectivity index (χ4n) is 3.12. The number of pyridine rings is 1. The fourth-order valence-corrected chi connectivity index (χ4v) is 3.82. The summed E-state index contributed by atoms with van der Waals surface area (Å²) in [4.78, 5) is 17.1. The Morgan fingerprint density at radius 2 is 1.95 bits per heavy atom. The molecule has 3 nitrogen and oxygen atoms in total. The van der Waals surface area contributed by atoms with E-state index in [0.29, 0.717) is 5.56 Å². The molecule has 0 bridgehead atoms. The van der Waals surface area contributed by atoms with Gasteiger partial charge in [-0.1, -0.05) is 53.4 Å². The zero-order valence-corrected chi connectivity index (χ0v) is 13.5. The Bertz CT molecular complexity index is 645. The van der Waals surface area contributed by atoms with Crippen LogP contribution in [0.25, 0.3) is 10.9 Å². The van der Waals surface area contributed by atoms with E-state index in [1.807, 2.05) is 30.3 Å². The van der Waals surface area contributed by atoms with Gasteiger partial charge in [0.2, 0.25) is 0 Å².